The molecule has 0 unspecified atom stereocenters. The fraction of sp³-hybridized carbons (Fsp3) is 0.941. The van der Waals surface area contributed by atoms with Gasteiger partial charge in [-0.25, -0.2) is 0 Å². The average Bonchev–Trinajstić information content (AvgIpc) is 2.50. The molecule has 0 bridgehead atoms. The molecule has 0 spiro atoms. The lowest BCUT2D eigenvalue weighted by molar-refractivity contribution is -0.137. The molecule has 5 heteroatoms. The molecule has 0 aromatic rings. The first-order valence-electron chi connectivity index (χ1n) is 8.85. The van der Waals surface area contributed by atoms with E-state index in [-0.39, 0.29) is 0 Å². The molecular formula is C17H35NO3S. The Hall–Kier alpha value is -0.260. The Morgan fingerprint density at radius 1 is 0.818 bits per heavy atom. The number of aliphatic carboxylic acids is 1. The molecule has 0 saturated carbocycles. The van der Waals surface area contributed by atoms with Crippen LogP contribution in [0, 0.1) is 0 Å². The summed E-state index contributed by atoms with van der Waals surface area (Å²) in [6, 6.07) is -0.714. The van der Waals surface area contributed by atoms with E-state index in [1.54, 1.807) is 11.8 Å². The molecule has 0 aliphatic carbocycles. The predicted molar refractivity (Wildman–Crippen MR) is 95.4 cm³/mol. The zero-order chi connectivity index (χ0) is 16.5. The molecule has 22 heavy (non-hydrogen) atoms. The van der Waals surface area contributed by atoms with Crippen molar-refractivity contribution in [2.45, 2.75) is 83.1 Å². The van der Waals surface area contributed by atoms with E-state index < -0.39 is 12.0 Å². The molecule has 0 fully saturated rings. The summed E-state index contributed by atoms with van der Waals surface area (Å²) in [5.41, 5.74) is 5.44. The fourth-order valence-corrected chi connectivity index (χ4v) is 3.34. The highest BCUT2D eigenvalue weighted by atomic mass is 32.2. The van der Waals surface area contributed by atoms with Gasteiger partial charge >= 0.3 is 5.97 Å². The summed E-state index contributed by atoms with van der Waals surface area (Å²) in [7, 11) is 0. The van der Waals surface area contributed by atoms with Crippen molar-refractivity contribution in [1.82, 2.24) is 0 Å². The van der Waals surface area contributed by atoms with E-state index in [1.165, 1.54) is 70.6 Å². The van der Waals surface area contributed by atoms with E-state index >= 15 is 0 Å². The van der Waals surface area contributed by atoms with E-state index in [1.807, 2.05) is 0 Å². The Balaban J connectivity index is 3.04. The van der Waals surface area contributed by atoms with Gasteiger partial charge in [0.25, 0.3) is 0 Å². The molecule has 0 aromatic carbocycles. The molecule has 0 heterocycles. The number of hydrogen-bond donors (Lipinski definition) is 3. The molecule has 132 valence electrons. The quantitative estimate of drug-likeness (QED) is 0.353. The minimum Gasteiger partial charge on any atom is -0.480 e. The standard InChI is InChI=1S/C17H35NO3S/c18-16(17(20)21)15-22-14-12-10-8-6-4-2-1-3-5-7-9-11-13-19/h16,19H,1-15,18H2,(H,20,21)/t16-/m0/s1. The van der Waals surface area contributed by atoms with Crippen molar-refractivity contribution in [1.29, 1.82) is 0 Å². The molecule has 4 N–H and O–H groups in total. The molecular weight excluding hydrogens is 298 g/mol. The number of unbranched alkanes of at least 4 members (excludes halogenated alkanes) is 11. The Bertz CT molecular complexity index is 252. The van der Waals surface area contributed by atoms with Crippen molar-refractivity contribution in [2.75, 3.05) is 18.1 Å². The second-order valence-electron chi connectivity index (χ2n) is 5.99. The van der Waals surface area contributed by atoms with Gasteiger partial charge in [-0.1, -0.05) is 64.2 Å². The van der Waals surface area contributed by atoms with Gasteiger partial charge < -0.3 is 15.9 Å². The summed E-state index contributed by atoms with van der Waals surface area (Å²) >= 11 is 1.65. The third-order valence-electron chi connectivity index (χ3n) is 3.81. The molecule has 0 radical (unpaired) electrons. The Labute approximate surface area is 140 Å². The average molecular weight is 334 g/mol. The molecule has 0 rings (SSSR count). The van der Waals surface area contributed by atoms with E-state index in [4.69, 9.17) is 15.9 Å². The van der Waals surface area contributed by atoms with Crippen molar-refractivity contribution in [2.24, 2.45) is 5.73 Å². The number of carbonyl (C=O) groups is 1. The first-order chi connectivity index (χ1) is 10.7. The highest BCUT2D eigenvalue weighted by Crippen LogP contribution is 2.13. The maximum absolute atomic E-state index is 10.5. The third kappa shape index (κ3) is 16.1. The second-order valence-corrected chi connectivity index (χ2v) is 7.14. The first kappa shape index (κ1) is 21.7. The number of thioether (sulfide) groups is 1. The van der Waals surface area contributed by atoms with Crippen molar-refractivity contribution in [3.8, 4) is 0 Å². The lowest BCUT2D eigenvalue weighted by atomic mass is 10.1. The van der Waals surface area contributed by atoms with E-state index in [9.17, 15) is 4.79 Å². The van der Waals surface area contributed by atoms with Gasteiger partial charge in [-0.15, -0.1) is 0 Å². The maximum atomic E-state index is 10.5. The number of carboxylic acids is 1. The van der Waals surface area contributed by atoms with E-state index in [0.717, 1.165) is 12.2 Å². The van der Waals surface area contributed by atoms with Crippen LogP contribution in [-0.4, -0.2) is 40.3 Å². The minimum atomic E-state index is -0.902. The number of nitrogens with two attached hydrogens (primary N) is 1. The number of carboxylic acid groups (broad SMARTS) is 1. The normalized spacial score (nSPS) is 12.5. The molecule has 1 atom stereocenters. The highest BCUT2D eigenvalue weighted by Gasteiger charge is 2.10. The third-order valence-corrected chi connectivity index (χ3v) is 4.98. The Kier molecular flexibility index (Phi) is 16.9. The predicted octanol–water partition coefficient (Wildman–Crippen LogP) is 3.81. The molecule has 0 aliphatic rings. The lowest BCUT2D eigenvalue weighted by Crippen LogP contribution is -2.32. The molecule has 0 saturated heterocycles. The van der Waals surface area contributed by atoms with Gasteiger partial charge in [0, 0.05) is 12.4 Å². The zero-order valence-electron chi connectivity index (χ0n) is 14.0. The van der Waals surface area contributed by atoms with Gasteiger partial charge in [-0.2, -0.15) is 11.8 Å². The summed E-state index contributed by atoms with van der Waals surface area (Å²) in [4.78, 5) is 10.5. The van der Waals surface area contributed by atoms with Crippen molar-refractivity contribution >= 4 is 17.7 Å². The molecule has 0 aliphatic heterocycles. The summed E-state index contributed by atoms with van der Waals surface area (Å²) < 4.78 is 0. The van der Waals surface area contributed by atoms with Crippen LogP contribution in [0.3, 0.4) is 0 Å². The van der Waals surface area contributed by atoms with E-state index in [0.29, 0.717) is 12.4 Å². The number of hydrogen-bond acceptors (Lipinski definition) is 4. The molecule has 0 aromatic heterocycles. The van der Waals surface area contributed by atoms with E-state index in [2.05, 4.69) is 0 Å². The van der Waals surface area contributed by atoms with Crippen LogP contribution in [0.1, 0.15) is 77.0 Å². The monoisotopic (exact) mass is 333 g/mol. The van der Waals surface area contributed by atoms with Crippen molar-refractivity contribution in [3.63, 3.8) is 0 Å². The Morgan fingerprint density at radius 2 is 1.23 bits per heavy atom. The maximum Gasteiger partial charge on any atom is 0.321 e. The summed E-state index contributed by atoms with van der Waals surface area (Å²) in [6.45, 7) is 0.338. The van der Waals surface area contributed by atoms with Crippen molar-refractivity contribution < 1.29 is 15.0 Å². The van der Waals surface area contributed by atoms with Gasteiger partial charge in [0.05, 0.1) is 0 Å². The summed E-state index contributed by atoms with van der Waals surface area (Å²) in [5, 5.41) is 17.3. The molecule has 0 amide bonds. The van der Waals surface area contributed by atoms with Crippen molar-refractivity contribution in [3.05, 3.63) is 0 Å². The van der Waals surface area contributed by atoms with Gasteiger partial charge in [0.2, 0.25) is 0 Å². The first-order valence-corrected chi connectivity index (χ1v) is 10.0. The molecule has 4 nitrogen and oxygen atoms in total. The largest absolute Gasteiger partial charge is 0.480 e. The van der Waals surface area contributed by atoms with Gasteiger partial charge in [-0.05, 0) is 18.6 Å². The number of aliphatic hydroxyl groups is 1. The van der Waals surface area contributed by atoms with Gasteiger partial charge in [0.15, 0.2) is 0 Å². The van der Waals surface area contributed by atoms with Gasteiger partial charge in [-0.3, -0.25) is 4.79 Å². The van der Waals surface area contributed by atoms with Crippen LogP contribution < -0.4 is 5.73 Å². The SMILES string of the molecule is N[C@@H](CSCCCCCCCCCCCCCCO)C(=O)O. The van der Waals surface area contributed by atoms with Crippen LogP contribution in [0.5, 0.6) is 0 Å². The highest BCUT2D eigenvalue weighted by molar-refractivity contribution is 7.99. The minimum absolute atomic E-state index is 0.338. The van der Waals surface area contributed by atoms with Crippen LogP contribution in [0.2, 0.25) is 0 Å². The topological polar surface area (TPSA) is 83.5 Å². The lowest BCUT2D eigenvalue weighted by Gasteiger charge is -2.06. The Morgan fingerprint density at radius 3 is 1.64 bits per heavy atom. The van der Waals surface area contributed by atoms with Crippen LogP contribution in [-0.2, 0) is 4.79 Å². The zero-order valence-corrected chi connectivity index (χ0v) is 14.8. The summed E-state index contributed by atoms with van der Waals surface area (Å²) in [6.07, 6.45) is 15.1. The summed E-state index contributed by atoms with van der Waals surface area (Å²) in [5.74, 6) is 0.642. The number of aliphatic hydroxyl groups excluding tert-OH is 1. The van der Waals surface area contributed by atoms with Gasteiger partial charge in [0.1, 0.15) is 6.04 Å². The van der Waals surface area contributed by atoms with Crippen LogP contribution in [0.25, 0.3) is 0 Å². The number of rotatable bonds is 17. The smallest absolute Gasteiger partial charge is 0.321 e. The van der Waals surface area contributed by atoms with Crippen LogP contribution in [0.15, 0.2) is 0 Å². The fourth-order valence-electron chi connectivity index (χ4n) is 2.37. The van der Waals surface area contributed by atoms with Crippen LogP contribution >= 0.6 is 11.8 Å². The second kappa shape index (κ2) is 17.1. The van der Waals surface area contributed by atoms with Crippen LogP contribution in [0.4, 0.5) is 0 Å².